The predicted molar refractivity (Wildman–Crippen MR) is 69.2 cm³/mol. The average Bonchev–Trinajstić information content (AvgIpc) is 2.17. The van der Waals surface area contributed by atoms with E-state index in [2.05, 4.69) is 36.0 Å². The highest BCUT2D eigenvalue weighted by molar-refractivity contribution is 7.80. The maximum Gasteiger partial charge on any atom is 0.169 e. The van der Waals surface area contributed by atoms with Gasteiger partial charge in [0.1, 0.15) is 0 Å². The summed E-state index contributed by atoms with van der Waals surface area (Å²) in [6, 6.07) is 0.533. The van der Waals surface area contributed by atoms with Crippen molar-refractivity contribution in [3.05, 3.63) is 0 Å². The van der Waals surface area contributed by atoms with E-state index < -0.39 is 0 Å². The van der Waals surface area contributed by atoms with Crippen LogP contribution in [0.4, 0.5) is 0 Å². The second-order valence-electron chi connectivity index (χ2n) is 4.39. The first-order valence-electron chi connectivity index (χ1n) is 5.88. The molecule has 1 aliphatic heterocycles. The number of hydrogen-bond acceptors (Lipinski definition) is 2. The van der Waals surface area contributed by atoms with Crippen LogP contribution in [-0.2, 0) is 0 Å². The lowest BCUT2D eigenvalue weighted by atomic mass is 10.2. The minimum Gasteiger partial charge on any atom is -0.363 e. The number of hydrogen-bond donors (Lipinski definition) is 1. The van der Waals surface area contributed by atoms with Crippen molar-refractivity contribution in [2.45, 2.75) is 32.7 Å². The Kier molecular flexibility index (Phi) is 5.32. The Morgan fingerprint density at radius 1 is 1.47 bits per heavy atom. The number of nitrogens with one attached hydrogen (secondary N) is 1. The molecule has 1 heterocycles. The van der Waals surface area contributed by atoms with Gasteiger partial charge < -0.3 is 15.1 Å². The van der Waals surface area contributed by atoms with Crippen molar-refractivity contribution in [2.24, 2.45) is 0 Å². The summed E-state index contributed by atoms with van der Waals surface area (Å²) in [4.78, 5) is 4.67. The van der Waals surface area contributed by atoms with Crippen LogP contribution in [0.3, 0.4) is 0 Å². The molecule has 1 atom stereocenters. The highest BCUT2D eigenvalue weighted by Gasteiger charge is 2.22. The van der Waals surface area contributed by atoms with Gasteiger partial charge in [0.2, 0.25) is 0 Å². The number of thiocarbonyl (C=S) groups is 1. The molecular weight excluding hydrogens is 206 g/mol. The van der Waals surface area contributed by atoms with E-state index >= 15 is 0 Å². The van der Waals surface area contributed by atoms with Crippen LogP contribution < -0.4 is 5.32 Å². The number of piperazine rings is 1. The van der Waals surface area contributed by atoms with Gasteiger partial charge in [-0.25, -0.2) is 0 Å². The van der Waals surface area contributed by atoms with Gasteiger partial charge in [0.15, 0.2) is 5.11 Å². The summed E-state index contributed by atoms with van der Waals surface area (Å²) in [5.74, 6) is 0. The Balaban J connectivity index is 2.32. The topological polar surface area (TPSA) is 18.5 Å². The number of nitrogens with zero attached hydrogens (tertiary/aromatic N) is 2. The van der Waals surface area contributed by atoms with Crippen molar-refractivity contribution in [3.63, 3.8) is 0 Å². The predicted octanol–water partition coefficient (Wildman–Crippen LogP) is 1.30. The summed E-state index contributed by atoms with van der Waals surface area (Å²) in [6.07, 6.45) is 2.41. The lowest BCUT2D eigenvalue weighted by Crippen LogP contribution is -2.55. The normalized spacial score (nSPS) is 22.9. The summed E-state index contributed by atoms with van der Waals surface area (Å²) < 4.78 is 0. The van der Waals surface area contributed by atoms with Gasteiger partial charge in [-0.15, -0.1) is 0 Å². The number of rotatable bonds is 3. The first-order valence-corrected chi connectivity index (χ1v) is 6.29. The lowest BCUT2D eigenvalue weighted by molar-refractivity contribution is 0.160. The monoisotopic (exact) mass is 229 g/mol. The molecule has 1 aliphatic rings. The molecule has 0 radical (unpaired) electrons. The molecule has 1 saturated heterocycles. The molecule has 4 heteroatoms. The summed E-state index contributed by atoms with van der Waals surface area (Å²) in [7, 11) is 2.17. The van der Waals surface area contributed by atoms with Crippen molar-refractivity contribution in [1.82, 2.24) is 15.1 Å². The third-order valence-corrected chi connectivity index (χ3v) is 3.28. The van der Waals surface area contributed by atoms with Gasteiger partial charge in [0.05, 0.1) is 0 Å². The molecule has 0 amide bonds. The highest BCUT2D eigenvalue weighted by Crippen LogP contribution is 2.07. The van der Waals surface area contributed by atoms with E-state index in [1.54, 1.807) is 0 Å². The second kappa shape index (κ2) is 6.28. The van der Waals surface area contributed by atoms with Gasteiger partial charge in [-0.3, -0.25) is 0 Å². The van der Waals surface area contributed by atoms with Crippen LogP contribution in [0.1, 0.15) is 26.7 Å². The largest absolute Gasteiger partial charge is 0.363 e. The molecule has 1 N–H and O–H groups in total. The Bertz CT molecular complexity index is 208. The van der Waals surface area contributed by atoms with Crippen LogP contribution in [0.5, 0.6) is 0 Å². The zero-order valence-corrected chi connectivity index (χ0v) is 10.9. The molecule has 1 rings (SSSR count). The first kappa shape index (κ1) is 12.7. The van der Waals surface area contributed by atoms with Crippen molar-refractivity contribution >= 4 is 17.3 Å². The van der Waals surface area contributed by atoms with E-state index in [-0.39, 0.29) is 0 Å². The van der Waals surface area contributed by atoms with Gasteiger partial charge in [-0.05, 0) is 32.6 Å². The SMILES string of the molecule is CCCCNC(=S)N1CCN(C)CC1C. The Morgan fingerprint density at radius 2 is 2.20 bits per heavy atom. The van der Waals surface area contributed by atoms with Crippen LogP contribution >= 0.6 is 12.2 Å². The van der Waals surface area contributed by atoms with Crippen LogP contribution in [0.15, 0.2) is 0 Å². The molecule has 0 aliphatic carbocycles. The molecule has 0 saturated carbocycles. The number of unbranched alkanes of at least 4 members (excludes halogenated alkanes) is 1. The average molecular weight is 229 g/mol. The molecule has 3 nitrogen and oxygen atoms in total. The van der Waals surface area contributed by atoms with Gasteiger partial charge >= 0.3 is 0 Å². The fraction of sp³-hybridized carbons (Fsp3) is 0.909. The van der Waals surface area contributed by atoms with E-state index in [9.17, 15) is 0 Å². The molecular formula is C11H23N3S. The van der Waals surface area contributed by atoms with Crippen LogP contribution in [0, 0.1) is 0 Å². The van der Waals surface area contributed by atoms with E-state index in [4.69, 9.17) is 12.2 Å². The molecule has 88 valence electrons. The standard InChI is InChI=1S/C11H23N3S/c1-4-5-6-12-11(15)14-8-7-13(3)9-10(14)2/h10H,4-9H2,1-3H3,(H,12,15). The second-order valence-corrected chi connectivity index (χ2v) is 4.78. The van der Waals surface area contributed by atoms with Crippen LogP contribution in [-0.4, -0.2) is 54.2 Å². The minimum absolute atomic E-state index is 0.533. The fourth-order valence-electron chi connectivity index (χ4n) is 1.92. The van der Waals surface area contributed by atoms with E-state index in [1.807, 2.05) is 0 Å². The minimum atomic E-state index is 0.533. The molecule has 0 aromatic rings. The summed E-state index contributed by atoms with van der Waals surface area (Å²) in [5, 5.41) is 4.27. The van der Waals surface area contributed by atoms with Crippen LogP contribution in [0.2, 0.25) is 0 Å². The Morgan fingerprint density at radius 3 is 2.80 bits per heavy atom. The summed E-state index contributed by atoms with van der Waals surface area (Å²) in [6.45, 7) is 8.71. The molecule has 15 heavy (non-hydrogen) atoms. The van der Waals surface area contributed by atoms with Crippen molar-refractivity contribution in [3.8, 4) is 0 Å². The maximum absolute atomic E-state index is 5.40. The molecule has 0 aromatic carbocycles. The molecule has 1 fully saturated rings. The van der Waals surface area contributed by atoms with Gasteiger partial charge in [-0.1, -0.05) is 13.3 Å². The zero-order valence-electron chi connectivity index (χ0n) is 10.1. The molecule has 0 bridgehead atoms. The van der Waals surface area contributed by atoms with Crippen molar-refractivity contribution in [1.29, 1.82) is 0 Å². The summed E-state index contributed by atoms with van der Waals surface area (Å²) >= 11 is 5.40. The lowest BCUT2D eigenvalue weighted by Gasteiger charge is -2.39. The maximum atomic E-state index is 5.40. The van der Waals surface area contributed by atoms with Gasteiger partial charge in [0.25, 0.3) is 0 Å². The molecule has 1 unspecified atom stereocenters. The molecule has 0 spiro atoms. The van der Waals surface area contributed by atoms with E-state index in [0.717, 1.165) is 31.3 Å². The zero-order chi connectivity index (χ0) is 11.3. The van der Waals surface area contributed by atoms with Crippen molar-refractivity contribution in [2.75, 3.05) is 33.2 Å². The Labute approximate surface area is 98.8 Å². The summed E-state index contributed by atoms with van der Waals surface area (Å²) in [5.41, 5.74) is 0. The first-order chi connectivity index (χ1) is 7.15. The third kappa shape index (κ3) is 3.95. The smallest absolute Gasteiger partial charge is 0.169 e. The van der Waals surface area contributed by atoms with Gasteiger partial charge in [-0.2, -0.15) is 0 Å². The van der Waals surface area contributed by atoms with Crippen LogP contribution in [0.25, 0.3) is 0 Å². The highest BCUT2D eigenvalue weighted by atomic mass is 32.1. The quantitative estimate of drug-likeness (QED) is 0.580. The third-order valence-electron chi connectivity index (χ3n) is 2.90. The van der Waals surface area contributed by atoms with E-state index in [0.29, 0.717) is 6.04 Å². The Hall–Kier alpha value is -0.350. The number of likely N-dealkylation sites (N-methyl/N-ethyl adjacent to an activating group) is 1. The van der Waals surface area contributed by atoms with Crippen molar-refractivity contribution < 1.29 is 0 Å². The van der Waals surface area contributed by atoms with Gasteiger partial charge in [0, 0.05) is 32.2 Å². The fourth-order valence-corrected chi connectivity index (χ4v) is 2.29. The van der Waals surface area contributed by atoms with E-state index in [1.165, 1.54) is 12.8 Å². The molecule has 0 aromatic heterocycles.